The lowest BCUT2D eigenvalue weighted by molar-refractivity contribution is 1.08. The van der Waals surface area contributed by atoms with E-state index >= 15 is 0 Å². The lowest BCUT2D eigenvalue weighted by Crippen LogP contribution is -1.87. The minimum atomic E-state index is 0.0504. The van der Waals surface area contributed by atoms with E-state index in [-0.39, 0.29) is 20.7 Å². The van der Waals surface area contributed by atoms with Gasteiger partial charge in [-0.25, -0.2) is 0 Å². The van der Waals surface area contributed by atoms with Crippen molar-refractivity contribution in [3.05, 3.63) is 9.40 Å². The number of aromatic nitrogens is 3. The number of H-pyrrole nitrogens is 1. The molecule has 0 aromatic carbocycles. The number of halogens is 1. The fourth-order valence-electron chi connectivity index (χ4n) is 1.11. The maximum absolute atomic E-state index is 5.48. The molecule has 1 aromatic rings. The Morgan fingerprint density at radius 2 is 2.43 bits per heavy atom. The molecule has 0 fully saturated rings. The van der Waals surface area contributed by atoms with Crippen LogP contribution in [0.4, 0.5) is 5.95 Å². The summed E-state index contributed by atoms with van der Waals surface area (Å²) in [5.74, 6) is 1.14. The number of hydrogen-bond acceptors (Lipinski definition) is 4. The number of nitrogens with one attached hydrogen (secondary N) is 1. The van der Waals surface area contributed by atoms with E-state index in [1.165, 1.54) is 11.1 Å². The van der Waals surface area contributed by atoms with Crippen LogP contribution in [0.15, 0.2) is 3.58 Å². The van der Waals surface area contributed by atoms with Crippen LogP contribution >= 0.6 is 41.7 Å². The third-order valence-electron chi connectivity index (χ3n) is 1.68. The van der Waals surface area contributed by atoms with E-state index in [2.05, 4.69) is 31.3 Å². The molecule has 0 radical (unpaired) electrons. The van der Waals surface area contributed by atoms with Crippen molar-refractivity contribution >= 4 is 55.2 Å². The lowest BCUT2D eigenvalue weighted by Gasteiger charge is -1.98. The van der Waals surface area contributed by atoms with Gasteiger partial charge in [0.1, 0.15) is 0 Å². The number of hydrogen-bond donors (Lipinski definition) is 2. The number of nitrogens with zero attached hydrogens (tertiary/aromatic N) is 2. The van der Waals surface area contributed by atoms with E-state index in [9.17, 15) is 0 Å². The van der Waals surface area contributed by atoms with Crippen molar-refractivity contribution in [2.24, 2.45) is 0 Å². The molecule has 3 N–H and O–H groups in total. The molecule has 0 saturated carbocycles. The minimum Gasteiger partial charge on any atom is -0.366 e. The molecule has 2 rings (SSSR count). The van der Waals surface area contributed by atoms with Crippen LogP contribution in [0, 0.1) is 0 Å². The molecule has 0 aliphatic carbocycles. The van der Waals surface area contributed by atoms with Crippen LogP contribution < -0.4 is 5.73 Å². The molecule has 1 aromatic heterocycles. The van der Waals surface area contributed by atoms with Crippen molar-refractivity contribution in [1.29, 1.82) is 0 Å². The van der Waals surface area contributed by atoms with Crippen molar-refractivity contribution in [3.8, 4) is 0 Å². The van der Waals surface area contributed by atoms with E-state index in [1.807, 2.05) is 0 Å². The van der Waals surface area contributed by atoms with Gasteiger partial charge in [0.15, 0.2) is 5.82 Å². The van der Waals surface area contributed by atoms with Gasteiger partial charge >= 0.3 is 0 Å². The molecule has 7 heteroatoms. The number of nitrogens with two attached hydrogens (primary N) is 1. The van der Waals surface area contributed by atoms with Gasteiger partial charge in [-0.2, -0.15) is 4.98 Å². The smallest absolute Gasteiger partial charge is 0.239 e. The monoisotopic (exact) mass is 340 g/mol. The second kappa shape index (κ2) is 4.28. The summed E-state index contributed by atoms with van der Waals surface area (Å²) in [6.07, 6.45) is 1.09. The van der Waals surface area contributed by atoms with Crippen LogP contribution in [0.1, 0.15) is 19.2 Å². The summed E-state index contributed by atoms with van der Waals surface area (Å²) in [5.41, 5.74) is 5.48. The predicted molar refractivity (Wildman–Crippen MR) is 74.3 cm³/mol. The molecule has 1 aliphatic heterocycles. The van der Waals surface area contributed by atoms with Gasteiger partial charge in [-0.15, -0.1) is 5.10 Å². The van der Waals surface area contributed by atoms with Gasteiger partial charge in [0.25, 0.3) is 0 Å². The summed E-state index contributed by atoms with van der Waals surface area (Å²) in [6.45, 7) is 2.18. The second-order valence-electron chi connectivity index (χ2n) is 2.63. The van der Waals surface area contributed by atoms with Gasteiger partial charge in [0.05, 0.1) is 4.91 Å². The number of rotatable bonds is 2. The maximum Gasteiger partial charge on any atom is 0.239 e. The third kappa shape index (κ3) is 2.01. The van der Waals surface area contributed by atoms with Crippen LogP contribution in [0.5, 0.6) is 0 Å². The highest BCUT2D eigenvalue weighted by atomic mass is 127. The molecule has 0 saturated heterocycles. The van der Waals surface area contributed by atoms with Crippen molar-refractivity contribution in [2.45, 2.75) is 13.3 Å². The average molecular weight is 340 g/mol. The Kier molecular flexibility index (Phi) is 3.23. The third-order valence-corrected chi connectivity index (χ3v) is 7.63. The average Bonchev–Trinajstić information content (AvgIpc) is 2.71. The van der Waals surface area contributed by atoms with E-state index in [1.54, 1.807) is 11.8 Å². The van der Waals surface area contributed by atoms with Crippen LogP contribution in [0.2, 0.25) is 0 Å². The van der Waals surface area contributed by atoms with Crippen LogP contribution in [0.3, 0.4) is 0 Å². The summed E-state index contributed by atoms with van der Waals surface area (Å²) in [7, 11) is 2.80. The fourth-order valence-corrected chi connectivity index (χ4v) is 6.75. The zero-order chi connectivity index (χ0) is 10.1. The van der Waals surface area contributed by atoms with Crippen LogP contribution in [-0.2, 0) is 0 Å². The Labute approximate surface area is 98.5 Å². The highest BCUT2D eigenvalue weighted by molar-refractivity contribution is 14.2. The predicted octanol–water partition coefficient (Wildman–Crippen LogP) is 2.15. The van der Waals surface area contributed by atoms with Gasteiger partial charge in [-0.1, -0.05) is 48.7 Å². The molecule has 0 amide bonds. The van der Waals surface area contributed by atoms with Crippen molar-refractivity contribution in [3.63, 3.8) is 0 Å². The summed E-state index contributed by atoms with van der Waals surface area (Å²) in [6, 6.07) is 0. The molecule has 14 heavy (non-hydrogen) atoms. The standard InChI is InChI=1S/C7H10IN4PS/c1-2-3-4(14-6(13)8-3)5-10-7(9)12-11-5/h2,13H2,1H3,(H3,9,10,11,12). The molecule has 4 nitrogen and oxygen atoms in total. The van der Waals surface area contributed by atoms with Gasteiger partial charge < -0.3 is 5.73 Å². The maximum atomic E-state index is 5.48. The number of allylic oxidation sites excluding steroid dienone is 1. The summed E-state index contributed by atoms with van der Waals surface area (Å²) < 4.78 is 2.94. The molecule has 1 unspecified atom stereocenters. The Balaban J connectivity index is 2.36. The van der Waals surface area contributed by atoms with Crippen molar-refractivity contribution < 1.29 is 0 Å². The Morgan fingerprint density at radius 3 is 3.00 bits per heavy atom. The van der Waals surface area contributed by atoms with Crippen LogP contribution in [-0.4, -0.2) is 17.8 Å². The zero-order valence-electron chi connectivity index (χ0n) is 7.54. The highest BCUT2D eigenvalue weighted by Crippen LogP contribution is 2.47. The van der Waals surface area contributed by atoms with E-state index in [0.29, 0.717) is 5.95 Å². The molecular weight excluding hydrogens is 330 g/mol. The number of aromatic amines is 1. The first-order chi connectivity index (χ1) is 6.70. The number of anilines is 1. The first kappa shape index (κ1) is 10.6. The van der Waals surface area contributed by atoms with Crippen LogP contribution in [0.25, 0.3) is 4.91 Å². The molecule has 0 bridgehead atoms. The number of thioether (sulfide) groups is 1. The summed E-state index contributed by atoms with van der Waals surface area (Å²) >= 11 is 1.83. The van der Waals surface area contributed by atoms with E-state index in [4.69, 9.17) is 5.73 Å². The summed E-state index contributed by atoms with van der Waals surface area (Å²) in [4.78, 5) is 5.38. The van der Waals surface area contributed by atoms with E-state index < -0.39 is 0 Å². The topological polar surface area (TPSA) is 67.6 Å². The Bertz CT molecular complexity index is 425. The van der Waals surface area contributed by atoms with E-state index in [0.717, 1.165) is 12.2 Å². The molecule has 1 atom stereocenters. The summed E-state index contributed by atoms with van der Waals surface area (Å²) in [5, 5.41) is 6.71. The lowest BCUT2D eigenvalue weighted by atomic mass is 10.4. The SMILES string of the molecule is CCC1=C(c2nc(N)n[nH]2)SC(P)=I1. The zero-order valence-corrected chi connectivity index (χ0v) is 11.7. The Hall–Kier alpha value is 0.0600. The minimum absolute atomic E-state index is 0.0504. The first-order valence-corrected chi connectivity index (χ1v) is 7.62. The highest BCUT2D eigenvalue weighted by Gasteiger charge is 2.18. The van der Waals surface area contributed by atoms with Gasteiger partial charge in [0, 0.05) is 6.16 Å². The normalized spacial score (nSPS) is 16.9. The molecule has 0 spiro atoms. The van der Waals surface area contributed by atoms with Crippen molar-refractivity contribution in [1.82, 2.24) is 15.2 Å². The molecule has 2 heterocycles. The van der Waals surface area contributed by atoms with Gasteiger partial charge in [-0.05, 0) is 6.42 Å². The quantitative estimate of drug-likeness (QED) is 0.640. The molecule has 1 aliphatic rings. The number of nitrogen functional groups attached to an aromatic ring is 1. The Morgan fingerprint density at radius 1 is 1.64 bits per heavy atom. The largest absolute Gasteiger partial charge is 0.366 e. The van der Waals surface area contributed by atoms with Gasteiger partial charge in [0.2, 0.25) is 5.95 Å². The van der Waals surface area contributed by atoms with Crippen molar-refractivity contribution in [2.75, 3.05) is 5.73 Å². The molecular formula is C7H10IN4PS. The fraction of sp³-hybridized carbons (Fsp3) is 0.286. The molecule has 76 valence electrons. The van der Waals surface area contributed by atoms with Gasteiger partial charge in [-0.3, -0.25) is 5.10 Å². The first-order valence-electron chi connectivity index (χ1n) is 4.07. The second-order valence-corrected chi connectivity index (χ2v) is 9.59.